The summed E-state index contributed by atoms with van der Waals surface area (Å²) in [5, 5.41) is 1.66. The zero-order valence-corrected chi connectivity index (χ0v) is 21.0. The van der Waals surface area contributed by atoms with Gasteiger partial charge in [0.15, 0.2) is 0 Å². The third-order valence-electron chi connectivity index (χ3n) is 5.61. The lowest BCUT2D eigenvalue weighted by Crippen LogP contribution is -2.28. The molecule has 0 fully saturated rings. The molecule has 0 aliphatic carbocycles. The maximum atomic E-state index is 11.0. The molecule has 0 bridgehead atoms. The largest absolute Gasteiger partial charge is 0.493 e. The Balaban J connectivity index is 1.38. The van der Waals surface area contributed by atoms with Crippen molar-refractivity contribution < 1.29 is 18.8 Å². The topological polar surface area (TPSA) is 64.8 Å². The molecule has 0 saturated heterocycles. The summed E-state index contributed by atoms with van der Waals surface area (Å²) in [7, 11) is 0. The number of hydrogen-bond acceptors (Lipinski definition) is 6. The second kappa shape index (κ2) is 12.3. The third kappa shape index (κ3) is 6.90. The molecule has 0 spiro atoms. The number of benzene rings is 3. The predicted octanol–water partition coefficient (Wildman–Crippen LogP) is 6.28. The lowest BCUT2D eigenvalue weighted by molar-refractivity contribution is -0.191. The molecule has 6 heteroatoms. The van der Waals surface area contributed by atoms with Crippen LogP contribution in [0.25, 0.3) is 22.6 Å². The minimum atomic E-state index is 0.000728. The van der Waals surface area contributed by atoms with Crippen LogP contribution in [0.15, 0.2) is 83.3 Å². The Kier molecular flexibility index (Phi) is 8.66. The van der Waals surface area contributed by atoms with Crippen LogP contribution in [0.2, 0.25) is 0 Å². The highest BCUT2D eigenvalue weighted by Crippen LogP contribution is 2.27. The Morgan fingerprint density at radius 1 is 0.944 bits per heavy atom. The number of oxazole rings is 1. The molecule has 0 unspecified atom stereocenters. The minimum absolute atomic E-state index is 0.000728. The Hall–Kier alpha value is -3.74. The number of carbonyl (C=O) groups is 1. The highest BCUT2D eigenvalue weighted by atomic mass is 16.7. The first kappa shape index (κ1) is 25.4. The van der Waals surface area contributed by atoms with Gasteiger partial charge >= 0.3 is 0 Å². The van der Waals surface area contributed by atoms with E-state index in [-0.39, 0.29) is 12.6 Å². The van der Waals surface area contributed by atoms with E-state index in [1.54, 1.807) is 5.06 Å². The number of hydroxylamine groups is 2. The number of ether oxygens (including phenoxy) is 1. The maximum Gasteiger partial charge on any atom is 0.226 e. The Morgan fingerprint density at radius 2 is 1.69 bits per heavy atom. The van der Waals surface area contributed by atoms with E-state index in [4.69, 9.17) is 19.0 Å². The van der Waals surface area contributed by atoms with Crippen LogP contribution in [-0.2, 0) is 22.6 Å². The summed E-state index contributed by atoms with van der Waals surface area (Å²) in [6.45, 7) is 7.00. The molecule has 0 radical (unpaired) electrons. The molecule has 0 amide bonds. The molecule has 4 aromatic rings. The Morgan fingerprint density at radius 3 is 2.47 bits per heavy atom. The number of aldehydes is 1. The fraction of sp³-hybridized carbons (Fsp3) is 0.267. The van der Waals surface area contributed by atoms with Gasteiger partial charge in [-0.25, -0.2) is 4.98 Å². The fourth-order valence-corrected chi connectivity index (χ4v) is 3.97. The number of nitrogens with zero attached hydrogens (tertiary/aromatic N) is 2. The molecule has 3 aromatic carbocycles. The highest BCUT2D eigenvalue weighted by Gasteiger charge is 2.13. The molecule has 1 aromatic heterocycles. The molecular formula is C30H32N2O4. The number of aryl methyl sites for hydroxylation is 1. The van der Waals surface area contributed by atoms with E-state index in [1.165, 1.54) is 0 Å². The summed E-state index contributed by atoms with van der Waals surface area (Å²) in [5.74, 6) is 2.17. The van der Waals surface area contributed by atoms with Gasteiger partial charge in [-0.15, -0.1) is 0 Å². The molecular weight excluding hydrogens is 452 g/mol. The zero-order chi connectivity index (χ0) is 25.3. The summed E-state index contributed by atoms with van der Waals surface area (Å²) in [4.78, 5) is 21.4. The van der Waals surface area contributed by atoms with E-state index < -0.39 is 0 Å². The van der Waals surface area contributed by atoms with Gasteiger partial charge in [0.05, 0.1) is 24.9 Å². The van der Waals surface area contributed by atoms with Crippen molar-refractivity contribution in [2.45, 2.75) is 39.8 Å². The maximum absolute atomic E-state index is 11.0. The molecule has 0 N–H and O–H groups in total. The van der Waals surface area contributed by atoms with E-state index in [2.05, 4.69) is 24.3 Å². The van der Waals surface area contributed by atoms with Crippen LogP contribution < -0.4 is 4.74 Å². The summed E-state index contributed by atoms with van der Waals surface area (Å²) < 4.78 is 12.0. The van der Waals surface area contributed by atoms with Crippen molar-refractivity contribution in [2.75, 3.05) is 13.2 Å². The average molecular weight is 485 g/mol. The van der Waals surface area contributed by atoms with E-state index in [9.17, 15) is 4.79 Å². The first-order valence-corrected chi connectivity index (χ1v) is 12.2. The highest BCUT2D eigenvalue weighted by molar-refractivity contribution is 5.69. The normalized spacial score (nSPS) is 11.2. The van der Waals surface area contributed by atoms with Crippen molar-refractivity contribution in [3.05, 3.63) is 95.9 Å². The van der Waals surface area contributed by atoms with Gasteiger partial charge in [-0.3, -0.25) is 4.84 Å². The van der Waals surface area contributed by atoms with Gasteiger partial charge < -0.3 is 13.9 Å². The Labute approximate surface area is 212 Å². The van der Waals surface area contributed by atoms with Crippen molar-refractivity contribution in [1.82, 2.24) is 10.0 Å². The lowest BCUT2D eigenvalue weighted by atomic mass is 10.0. The SMILES string of the molecule is Cc1oc(-c2cccc(-c3ccccc3)c2)nc1CCOc1cccc(CN(CC=O)OC(C)C)c1. The summed E-state index contributed by atoms with van der Waals surface area (Å²) in [6.07, 6.45) is 1.47. The predicted molar refractivity (Wildman–Crippen MR) is 140 cm³/mol. The average Bonchev–Trinajstić information content (AvgIpc) is 3.25. The molecule has 36 heavy (non-hydrogen) atoms. The van der Waals surface area contributed by atoms with E-state index >= 15 is 0 Å². The van der Waals surface area contributed by atoms with Crippen molar-refractivity contribution in [1.29, 1.82) is 0 Å². The number of aromatic nitrogens is 1. The van der Waals surface area contributed by atoms with Crippen molar-refractivity contribution >= 4 is 6.29 Å². The van der Waals surface area contributed by atoms with Crippen LogP contribution in [0.5, 0.6) is 5.75 Å². The molecule has 4 rings (SSSR count). The second-order valence-corrected chi connectivity index (χ2v) is 8.86. The van der Waals surface area contributed by atoms with Crippen molar-refractivity contribution in [3.8, 4) is 28.3 Å². The molecule has 0 saturated carbocycles. The number of carbonyl (C=O) groups excluding carboxylic acids is 1. The summed E-state index contributed by atoms with van der Waals surface area (Å²) in [6, 6.07) is 26.3. The zero-order valence-electron chi connectivity index (χ0n) is 21.0. The Bertz CT molecular complexity index is 1270. The molecule has 0 aliphatic heterocycles. The molecule has 1 heterocycles. The number of rotatable bonds is 12. The molecule has 0 atom stereocenters. The van der Waals surface area contributed by atoms with Gasteiger partial charge in [0.25, 0.3) is 0 Å². The minimum Gasteiger partial charge on any atom is -0.493 e. The van der Waals surface area contributed by atoms with Crippen LogP contribution in [0.3, 0.4) is 0 Å². The van der Waals surface area contributed by atoms with Crippen molar-refractivity contribution in [2.24, 2.45) is 0 Å². The van der Waals surface area contributed by atoms with Gasteiger partial charge in [-0.2, -0.15) is 5.06 Å². The quantitative estimate of drug-likeness (QED) is 0.174. The third-order valence-corrected chi connectivity index (χ3v) is 5.61. The van der Waals surface area contributed by atoms with Gasteiger partial charge in [0.2, 0.25) is 5.89 Å². The van der Waals surface area contributed by atoms with E-state index in [0.29, 0.717) is 25.5 Å². The smallest absolute Gasteiger partial charge is 0.226 e. The molecule has 186 valence electrons. The van der Waals surface area contributed by atoms with Crippen LogP contribution in [0, 0.1) is 6.92 Å². The summed E-state index contributed by atoms with van der Waals surface area (Å²) >= 11 is 0. The van der Waals surface area contributed by atoms with Crippen LogP contribution in [0.4, 0.5) is 0 Å². The van der Waals surface area contributed by atoms with E-state index in [1.807, 2.05) is 75.4 Å². The standard InChI is InChI=1S/C30H32N2O4/c1-22(2)36-32(16-17-33)21-24-9-7-14-28(19-24)34-18-15-29-23(3)35-30(31-29)27-13-8-12-26(20-27)25-10-5-4-6-11-25/h4-14,17,19-20,22H,15-16,18,21H2,1-3H3. The van der Waals surface area contributed by atoms with Crippen molar-refractivity contribution in [3.63, 3.8) is 0 Å². The fourth-order valence-electron chi connectivity index (χ4n) is 3.97. The van der Waals surface area contributed by atoms with Crippen LogP contribution >= 0.6 is 0 Å². The van der Waals surface area contributed by atoms with Gasteiger partial charge in [-0.1, -0.05) is 54.6 Å². The monoisotopic (exact) mass is 484 g/mol. The molecule has 0 aliphatic rings. The lowest BCUT2D eigenvalue weighted by Gasteiger charge is -2.22. The summed E-state index contributed by atoms with van der Waals surface area (Å²) in [5.41, 5.74) is 5.12. The van der Waals surface area contributed by atoms with Gasteiger partial charge in [0, 0.05) is 18.5 Å². The second-order valence-electron chi connectivity index (χ2n) is 8.86. The van der Waals surface area contributed by atoms with Crippen LogP contribution in [-0.4, -0.2) is 35.6 Å². The first-order valence-electron chi connectivity index (χ1n) is 12.2. The van der Waals surface area contributed by atoms with Gasteiger partial charge in [-0.05, 0) is 61.7 Å². The molecule has 6 nitrogen and oxygen atoms in total. The first-order chi connectivity index (χ1) is 17.5. The van der Waals surface area contributed by atoms with E-state index in [0.717, 1.165) is 45.7 Å². The van der Waals surface area contributed by atoms with Crippen LogP contribution in [0.1, 0.15) is 30.9 Å². The number of hydrogen-bond donors (Lipinski definition) is 0. The van der Waals surface area contributed by atoms with Gasteiger partial charge in [0.1, 0.15) is 17.8 Å².